The molecule has 0 saturated heterocycles. The molecule has 1 aromatic heterocycles. The Balaban J connectivity index is 1.74. The number of amidine groups is 1. The summed E-state index contributed by atoms with van der Waals surface area (Å²) in [7, 11) is 1.59. The van der Waals surface area contributed by atoms with Crippen molar-refractivity contribution < 1.29 is 24.5 Å². The summed E-state index contributed by atoms with van der Waals surface area (Å²) in [5, 5.41) is 28.7. The maximum Gasteiger partial charge on any atom is 0.422 e. The van der Waals surface area contributed by atoms with E-state index in [1.165, 1.54) is 4.80 Å². The second-order valence-corrected chi connectivity index (χ2v) is 9.11. The lowest BCUT2D eigenvalue weighted by Gasteiger charge is -2.18. The summed E-state index contributed by atoms with van der Waals surface area (Å²) >= 11 is 1.06. The molecule has 2 amide bonds. The van der Waals surface area contributed by atoms with Gasteiger partial charge in [-0.2, -0.15) is 24.3 Å². The zero-order valence-corrected chi connectivity index (χ0v) is 21.0. The van der Waals surface area contributed by atoms with Gasteiger partial charge in [-0.05, 0) is 48.6 Å². The van der Waals surface area contributed by atoms with Crippen molar-refractivity contribution in [2.24, 2.45) is 4.40 Å². The van der Waals surface area contributed by atoms with Gasteiger partial charge in [-0.1, -0.05) is 30.3 Å². The highest BCUT2D eigenvalue weighted by molar-refractivity contribution is 7.97. The predicted octanol–water partition coefficient (Wildman–Crippen LogP) is 4.69. The molecular formula is C25H22N6O5S. The molecule has 2 aliphatic heterocycles. The molecule has 0 spiro atoms. The van der Waals surface area contributed by atoms with Gasteiger partial charge in [0, 0.05) is 28.6 Å². The molecule has 2 aromatic rings. The smallest absolute Gasteiger partial charge is 0.422 e. The number of hydrogen-bond donors (Lipinski definition) is 2. The second kappa shape index (κ2) is 9.54. The van der Waals surface area contributed by atoms with Crippen LogP contribution in [0.25, 0.3) is 22.4 Å². The highest BCUT2D eigenvalue weighted by Gasteiger charge is 2.36. The van der Waals surface area contributed by atoms with Crippen LogP contribution in [0.2, 0.25) is 0 Å². The molecule has 1 aliphatic carbocycles. The molecule has 0 fully saturated rings. The Kier molecular flexibility index (Phi) is 6.25. The molecule has 0 saturated carbocycles. The molecule has 3 heterocycles. The van der Waals surface area contributed by atoms with E-state index in [4.69, 9.17) is 9.84 Å². The average Bonchev–Trinajstić information content (AvgIpc) is 3.13. The van der Waals surface area contributed by atoms with E-state index in [1.807, 2.05) is 50.2 Å². The van der Waals surface area contributed by atoms with E-state index in [9.17, 15) is 19.8 Å². The summed E-state index contributed by atoms with van der Waals surface area (Å²) in [6, 6.07) is 11.6. The van der Waals surface area contributed by atoms with Crippen LogP contribution in [-0.4, -0.2) is 60.2 Å². The van der Waals surface area contributed by atoms with Gasteiger partial charge < -0.3 is 14.9 Å². The summed E-state index contributed by atoms with van der Waals surface area (Å²) in [4.78, 5) is 29.9. The highest BCUT2D eigenvalue weighted by Crippen LogP contribution is 2.42. The Morgan fingerprint density at radius 3 is 2.54 bits per heavy atom. The molecule has 0 radical (unpaired) electrons. The quantitative estimate of drug-likeness (QED) is 0.368. The van der Waals surface area contributed by atoms with Gasteiger partial charge in [-0.25, -0.2) is 9.59 Å². The van der Waals surface area contributed by atoms with Crippen LogP contribution < -0.4 is 4.74 Å². The summed E-state index contributed by atoms with van der Waals surface area (Å²) in [5.41, 5.74) is 6.29. The fraction of sp³-hybridized carbons (Fsp3) is 0.200. The standard InChI is InChI=1S/C25H22N6O5S/c1-13-10-26-19(14(2)22(13)36-3)11-30-27-18-9-16(15-7-5-4-6-8-15)17-12-37-29-23(21(28-30)20(17)18)31(24(32)33)25(34)35/h4-10H,11-12H2,1-3H3,(H,32,33)(H,34,35). The van der Waals surface area contributed by atoms with Crippen molar-refractivity contribution in [1.82, 2.24) is 24.9 Å². The number of methoxy groups -OCH3 is 1. The van der Waals surface area contributed by atoms with E-state index in [2.05, 4.69) is 14.5 Å². The maximum atomic E-state index is 11.9. The third kappa shape index (κ3) is 4.25. The topological polar surface area (TPSA) is 143 Å². The zero-order chi connectivity index (χ0) is 26.3. The van der Waals surface area contributed by atoms with Crippen molar-refractivity contribution in [3.05, 3.63) is 70.7 Å². The third-order valence-electron chi connectivity index (χ3n) is 6.13. The molecule has 0 bridgehead atoms. The van der Waals surface area contributed by atoms with E-state index in [1.54, 1.807) is 13.3 Å². The van der Waals surface area contributed by atoms with Crippen LogP contribution in [0, 0.1) is 13.8 Å². The first-order valence-electron chi connectivity index (χ1n) is 11.2. The fourth-order valence-electron chi connectivity index (χ4n) is 4.47. The van der Waals surface area contributed by atoms with Crippen molar-refractivity contribution in [3.63, 3.8) is 0 Å². The normalized spacial score (nSPS) is 12.7. The monoisotopic (exact) mass is 518 g/mol. The van der Waals surface area contributed by atoms with Crippen LogP contribution in [0.1, 0.15) is 28.1 Å². The predicted molar refractivity (Wildman–Crippen MR) is 137 cm³/mol. The van der Waals surface area contributed by atoms with E-state index >= 15 is 0 Å². The van der Waals surface area contributed by atoms with Gasteiger partial charge in [0.05, 0.1) is 18.5 Å². The molecule has 188 valence electrons. The average molecular weight is 519 g/mol. The van der Waals surface area contributed by atoms with Crippen molar-refractivity contribution in [1.29, 1.82) is 0 Å². The van der Waals surface area contributed by atoms with Crippen LogP contribution in [-0.2, 0) is 12.3 Å². The highest BCUT2D eigenvalue weighted by atomic mass is 32.2. The SMILES string of the molecule is COc1c(C)cnc(Cn2nc3cc(-c4ccccc4)c4c-3c(n2)C(N(C(=O)O)C(=O)O)=NSC4)c1C. The Morgan fingerprint density at radius 1 is 1.14 bits per heavy atom. The van der Waals surface area contributed by atoms with Crippen LogP contribution in [0.5, 0.6) is 5.75 Å². The summed E-state index contributed by atoms with van der Waals surface area (Å²) in [6.45, 7) is 3.93. The Hall–Kier alpha value is -4.45. The number of imide groups is 1. The molecule has 37 heavy (non-hydrogen) atoms. The van der Waals surface area contributed by atoms with Gasteiger partial charge in [0.15, 0.2) is 5.84 Å². The number of pyridine rings is 1. The molecular weight excluding hydrogens is 496 g/mol. The zero-order valence-electron chi connectivity index (χ0n) is 20.2. The summed E-state index contributed by atoms with van der Waals surface area (Å²) in [5.74, 6) is 0.801. The number of hydrogen-bond acceptors (Lipinski definition) is 8. The Morgan fingerprint density at radius 2 is 1.86 bits per heavy atom. The summed E-state index contributed by atoms with van der Waals surface area (Å²) < 4.78 is 9.79. The number of aromatic nitrogens is 4. The number of ether oxygens (including phenoxy) is 1. The first-order valence-corrected chi connectivity index (χ1v) is 12.2. The van der Waals surface area contributed by atoms with E-state index in [-0.39, 0.29) is 23.0 Å². The molecule has 5 rings (SSSR count). The van der Waals surface area contributed by atoms with Crippen molar-refractivity contribution in [3.8, 4) is 28.1 Å². The number of carbonyl (C=O) groups is 2. The van der Waals surface area contributed by atoms with Crippen LogP contribution in [0.3, 0.4) is 0 Å². The lowest BCUT2D eigenvalue weighted by atomic mass is 10.0. The molecule has 0 atom stereocenters. The van der Waals surface area contributed by atoms with Gasteiger partial charge in [-0.15, -0.1) is 0 Å². The number of benzene rings is 1. The molecule has 12 heteroatoms. The van der Waals surface area contributed by atoms with Gasteiger partial charge in [0.25, 0.3) is 0 Å². The molecule has 0 unspecified atom stereocenters. The lowest BCUT2D eigenvalue weighted by Crippen LogP contribution is -2.41. The second-order valence-electron chi connectivity index (χ2n) is 8.38. The summed E-state index contributed by atoms with van der Waals surface area (Å²) in [6.07, 6.45) is -1.66. The van der Waals surface area contributed by atoms with E-state index in [0.717, 1.165) is 39.8 Å². The van der Waals surface area contributed by atoms with Gasteiger partial charge in [0.1, 0.15) is 18.0 Å². The molecule has 1 aromatic carbocycles. The number of nitrogens with zero attached hydrogens (tertiary/aromatic N) is 6. The van der Waals surface area contributed by atoms with Crippen LogP contribution in [0.4, 0.5) is 9.59 Å². The number of carboxylic acid groups (broad SMARTS) is 2. The van der Waals surface area contributed by atoms with Crippen LogP contribution >= 0.6 is 11.9 Å². The molecule has 3 aliphatic rings. The minimum absolute atomic E-state index is 0.119. The first-order chi connectivity index (χ1) is 17.8. The number of aryl methyl sites for hydroxylation is 1. The first kappa shape index (κ1) is 24.3. The Bertz CT molecular complexity index is 1520. The van der Waals surface area contributed by atoms with E-state index < -0.39 is 12.2 Å². The Labute approximate surface area is 215 Å². The third-order valence-corrected chi connectivity index (χ3v) is 6.85. The van der Waals surface area contributed by atoms with Crippen molar-refractivity contribution in [2.75, 3.05) is 7.11 Å². The minimum atomic E-state index is -1.68. The van der Waals surface area contributed by atoms with Gasteiger partial charge in [0.2, 0.25) is 0 Å². The van der Waals surface area contributed by atoms with Gasteiger partial charge in [-0.3, -0.25) is 4.98 Å². The molecule has 2 N–H and O–H groups in total. The maximum absolute atomic E-state index is 11.9. The molecule has 11 nitrogen and oxygen atoms in total. The van der Waals surface area contributed by atoms with Crippen LogP contribution in [0.15, 0.2) is 47.0 Å². The largest absolute Gasteiger partial charge is 0.496 e. The van der Waals surface area contributed by atoms with Crippen molar-refractivity contribution in [2.45, 2.75) is 26.1 Å². The minimum Gasteiger partial charge on any atom is -0.496 e. The van der Waals surface area contributed by atoms with Crippen molar-refractivity contribution >= 4 is 30.0 Å². The van der Waals surface area contributed by atoms with E-state index in [0.29, 0.717) is 28.5 Å². The fourth-order valence-corrected chi connectivity index (χ4v) is 5.25. The number of rotatable bonds is 4. The van der Waals surface area contributed by atoms with Gasteiger partial charge >= 0.3 is 12.2 Å². The number of amides is 2. The lowest BCUT2D eigenvalue weighted by molar-refractivity contribution is 0.145.